The summed E-state index contributed by atoms with van der Waals surface area (Å²) < 4.78 is 43.1. The molecule has 1 amide bonds. The number of nitrogens with one attached hydrogen (secondary N) is 2. The Bertz CT molecular complexity index is 875. The third kappa shape index (κ3) is 5.61. The van der Waals surface area contributed by atoms with Gasteiger partial charge >= 0.3 is 12.1 Å². The molecule has 1 aromatic carbocycles. The number of benzene rings is 1. The number of carboxylic acid groups (broad SMARTS) is 1. The first-order chi connectivity index (χ1) is 13.7. The second kappa shape index (κ2) is 8.70. The Labute approximate surface area is 167 Å². The fraction of sp³-hybridized carbons (Fsp3) is 0.278. The molecule has 0 saturated carbocycles. The summed E-state index contributed by atoms with van der Waals surface area (Å²) in [5.74, 6) is -0.562. The lowest BCUT2D eigenvalue weighted by molar-refractivity contribution is -0.138. The molecule has 7 nitrogen and oxygen atoms in total. The third-order valence-corrected chi connectivity index (χ3v) is 5.25. The highest BCUT2D eigenvalue weighted by atomic mass is 32.2. The van der Waals surface area contributed by atoms with E-state index >= 15 is 0 Å². The van der Waals surface area contributed by atoms with E-state index in [1.807, 2.05) is 0 Å². The summed E-state index contributed by atoms with van der Waals surface area (Å²) in [6.07, 6.45) is -3.75. The van der Waals surface area contributed by atoms with E-state index in [1.165, 1.54) is 11.8 Å². The van der Waals surface area contributed by atoms with Crippen molar-refractivity contribution < 1.29 is 32.6 Å². The maximum atomic E-state index is 12.6. The van der Waals surface area contributed by atoms with E-state index in [0.29, 0.717) is 17.7 Å². The minimum absolute atomic E-state index is 0.0364. The van der Waals surface area contributed by atoms with Crippen LogP contribution < -0.4 is 15.4 Å². The number of hydrogen-bond donors (Lipinski definition) is 3. The normalized spacial score (nSPS) is 19.0. The zero-order valence-electron chi connectivity index (χ0n) is 14.8. The SMILES string of the molecule is O=C(O)CNC(=O)C1CSC(c2ccc(Oc3ccc(C(F)(F)F)cn3)cc2)N1. The van der Waals surface area contributed by atoms with Gasteiger partial charge < -0.3 is 15.2 Å². The highest BCUT2D eigenvalue weighted by molar-refractivity contribution is 7.99. The summed E-state index contributed by atoms with van der Waals surface area (Å²) in [7, 11) is 0. The van der Waals surface area contributed by atoms with Gasteiger partial charge in [-0.15, -0.1) is 11.8 Å². The number of carboxylic acids is 1. The van der Waals surface area contributed by atoms with E-state index < -0.39 is 30.3 Å². The number of alkyl halides is 3. The first kappa shape index (κ1) is 20.9. The molecule has 154 valence electrons. The molecule has 11 heteroatoms. The van der Waals surface area contributed by atoms with E-state index in [9.17, 15) is 22.8 Å². The van der Waals surface area contributed by atoms with Crippen LogP contribution in [0.4, 0.5) is 13.2 Å². The Morgan fingerprint density at radius 2 is 1.97 bits per heavy atom. The molecule has 1 aliphatic rings. The maximum Gasteiger partial charge on any atom is 0.417 e. The summed E-state index contributed by atoms with van der Waals surface area (Å²) >= 11 is 1.50. The Balaban J connectivity index is 1.56. The van der Waals surface area contributed by atoms with E-state index in [-0.39, 0.29) is 17.2 Å². The highest BCUT2D eigenvalue weighted by Crippen LogP contribution is 2.34. The van der Waals surface area contributed by atoms with Crippen LogP contribution in [-0.2, 0) is 15.8 Å². The minimum atomic E-state index is -4.46. The number of pyridine rings is 1. The van der Waals surface area contributed by atoms with Gasteiger partial charge in [-0.2, -0.15) is 13.2 Å². The molecule has 2 aromatic rings. The van der Waals surface area contributed by atoms with E-state index in [2.05, 4.69) is 15.6 Å². The lowest BCUT2D eigenvalue weighted by Crippen LogP contribution is -2.44. The molecule has 0 bridgehead atoms. The van der Waals surface area contributed by atoms with Crippen molar-refractivity contribution in [1.82, 2.24) is 15.6 Å². The van der Waals surface area contributed by atoms with Crippen LogP contribution in [0, 0.1) is 0 Å². The molecule has 0 spiro atoms. The van der Waals surface area contributed by atoms with Crippen LogP contribution in [-0.4, -0.2) is 40.3 Å². The van der Waals surface area contributed by atoms with Crippen molar-refractivity contribution >= 4 is 23.6 Å². The molecule has 2 unspecified atom stereocenters. The second-order valence-electron chi connectivity index (χ2n) is 6.10. The van der Waals surface area contributed by atoms with Gasteiger partial charge in [0.15, 0.2) is 0 Å². The molecule has 1 fully saturated rings. The van der Waals surface area contributed by atoms with E-state index in [0.717, 1.165) is 17.7 Å². The zero-order valence-corrected chi connectivity index (χ0v) is 15.6. The molecular weight excluding hydrogens is 411 g/mol. The fourth-order valence-corrected chi connectivity index (χ4v) is 3.78. The fourth-order valence-electron chi connectivity index (χ4n) is 2.54. The summed E-state index contributed by atoms with van der Waals surface area (Å²) in [6.45, 7) is -0.434. The molecule has 3 N–H and O–H groups in total. The smallest absolute Gasteiger partial charge is 0.417 e. The average molecular weight is 427 g/mol. The van der Waals surface area contributed by atoms with E-state index in [1.54, 1.807) is 24.3 Å². The molecule has 29 heavy (non-hydrogen) atoms. The van der Waals surface area contributed by atoms with Crippen molar-refractivity contribution in [2.24, 2.45) is 0 Å². The van der Waals surface area contributed by atoms with Crippen LogP contribution in [0.15, 0.2) is 42.6 Å². The standard InChI is InChI=1S/C18H16F3N3O4S/c19-18(20,21)11-3-6-14(22-7-11)28-12-4-1-10(2-5-12)17-24-13(9-29-17)16(27)23-8-15(25)26/h1-7,13,17,24H,8-9H2,(H,23,27)(H,25,26). The van der Waals surface area contributed by atoms with Gasteiger partial charge in [0, 0.05) is 18.0 Å². The van der Waals surface area contributed by atoms with Crippen molar-refractivity contribution in [1.29, 1.82) is 0 Å². The second-order valence-corrected chi connectivity index (χ2v) is 7.24. The van der Waals surface area contributed by atoms with Gasteiger partial charge in [-0.05, 0) is 23.8 Å². The number of nitrogens with zero attached hydrogens (tertiary/aromatic N) is 1. The number of rotatable bonds is 6. The zero-order chi connectivity index (χ0) is 21.0. The Morgan fingerprint density at radius 3 is 2.55 bits per heavy atom. The summed E-state index contributed by atoms with van der Waals surface area (Å²) in [6, 6.07) is 8.36. The number of amides is 1. The molecule has 0 aliphatic carbocycles. The first-order valence-corrected chi connectivity index (χ1v) is 9.45. The molecule has 1 aliphatic heterocycles. The van der Waals surface area contributed by atoms with Crippen molar-refractivity contribution in [3.63, 3.8) is 0 Å². The lowest BCUT2D eigenvalue weighted by atomic mass is 10.2. The third-order valence-electron chi connectivity index (χ3n) is 3.98. The first-order valence-electron chi connectivity index (χ1n) is 8.40. The largest absolute Gasteiger partial charge is 0.480 e. The molecule has 3 rings (SSSR count). The predicted molar refractivity (Wildman–Crippen MR) is 98.5 cm³/mol. The van der Waals surface area contributed by atoms with Gasteiger partial charge in [-0.3, -0.25) is 14.9 Å². The van der Waals surface area contributed by atoms with Gasteiger partial charge in [0.2, 0.25) is 11.8 Å². The van der Waals surface area contributed by atoms with Crippen LogP contribution in [0.2, 0.25) is 0 Å². The summed E-state index contributed by atoms with van der Waals surface area (Å²) in [5, 5.41) is 13.9. The van der Waals surface area contributed by atoms with Crippen molar-refractivity contribution in [3.8, 4) is 11.6 Å². The molecular formula is C18H16F3N3O4S. The number of aliphatic carboxylic acids is 1. The van der Waals surface area contributed by atoms with Gasteiger partial charge in [-0.1, -0.05) is 12.1 Å². The van der Waals surface area contributed by atoms with E-state index in [4.69, 9.17) is 9.84 Å². The van der Waals surface area contributed by atoms with Crippen LogP contribution in [0.3, 0.4) is 0 Å². The molecule has 0 radical (unpaired) electrons. The number of carbonyl (C=O) groups is 2. The van der Waals surface area contributed by atoms with Gasteiger partial charge in [0.05, 0.1) is 17.0 Å². The minimum Gasteiger partial charge on any atom is -0.480 e. The molecule has 1 saturated heterocycles. The summed E-state index contributed by atoms with van der Waals surface area (Å²) in [4.78, 5) is 26.1. The van der Waals surface area contributed by atoms with Gasteiger partial charge in [-0.25, -0.2) is 4.98 Å². The van der Waals surface area contributed by atoms with Crippen LogP contribution in [0.1, 0.15) is 16.5 Å². The number of halogens is 3. The quantitative estimate of drug-likeness (QED) is 0.652. The monoisotopic (exact) mass is 427 g/mol. The number of ether oxygens (including phenoxy) is 1. The van der Waals surface area contributed by atoms with Gasteiger partial charge in [0.1, 0.15) is 12.3 Å². The topological polar surface area (TPSA) is 101 Å². The maximum absolute atomic E-state index is 12.6. The molecule has 2 atom stereocenters. The van der Waals surface area contributed by atoms with Gasteiger partial charge in [0.25, 0.3) is 0 Å². The highest BCUT2D eigenvalue weighted by Gasteiger charge is 2.31. The van der Waals surface area contributed by atoms with Crippen molar-refractivity contribution in [3.05, 3.63) is 53.7 Å². The number of thioether (sulfide) groups is 1. The summed E-state index contributed by atoms with van der Waals surface area (Å²) in [5.41, 5.74) is 0.0164. The number of aromatic nitrogens is 1. The Hall–Kier alpha value is -2.79. The van der Waals surface area contributed by atoms with Crippen LogP contribution >= 0.6 is 11.8 Å². The Morgan fingerprint density at radius 1 is 1.24 bits per heavy atom. The molecule has 1 aromatic heterocycles. The Kier molecular flexibility index (Phi) is 6.28. The van der Waals surface area contributed by atoms with Crippen molar-refractivity contribution in [2.75, 3.05) is 12.3 Å². The lowest BCUT2D eigenvalue weighted by Gasteiger charge is -2.14. The predicted octanol–water partition coefficient (Wildman–Crippen LogP) is 2.80. The average Bonchev–Trinajstić information content (AvgIpc) is 3.17. The van der Waals surface area contributed by atoms with Crippen LogP contribution in [0.5, 0.6) is 11.6 Å². The van der Waals surface area contributed by atoms with Crippen molar-refractivity contribution in [2.45, 2.75) is 17.6 Å². The van der Waals surface area contributed by atoms with Crippen LogP contribution in [0.25, 0.3) is 0 Å². The molecule has 2 heterocycles. The number of carbonyl (C=O) groups excluding carboxylic acids is 1. The number of hydrogen-bond acceptors (Lipinski definition) is 6.